The summed E-state index contributed by atoms with van der Waals surface area (Å²) < 4.78 is 5.35. The van der Waals surface area contributed by atoms with Crippen molar-refractivity contribution < 1.29 is 19.4 Å². The van der Waals surface area contributed by atoms with E-state index in [2.05, 4.69) is 0 Å². The lowest BCUT2D eigenvalue weighted by Gasteiger charge is -2.12. The van der Waals surface area contributed by atoms with Gasteiger partial charge >= 0.3 is 0 Å². The van der Waals surface area contributed by atoms with E-state index in [1.54, 1.807) is 18.2 Å². The van der Waals surface area contributed by atoms with Gasteiger partial charge in [-0.3, -0.25) is 14.5 Å². The van der Waals surface area contributed by atoms with Gasteiger partial charge in [0.2, 0.25) is 0 Å². The van der Waals surface area contributed by atoms with Gasteiger partial charge in [-0.15, -0.1) is 0 Å². The number of thioether (sulfide) groups is 1. The zero-order chi connectivity index (χ0) is 18.7. The molecule has 2 aromatic rings. The number of ether oxygens (including phenoxy) is 1. The largest absolute Gasteiger partial charge is 0.504 e. The molecule has 0 atom stereocenters. The highest BCUT2D eigenvalue weighted by Gasteiger charge is 2.35. The summed E-state index contributed by atoms with van der Waals surface area (Å²) in [5.41, 5.74) is 2.45. The van der Waals surface area contributed by atoms with Crippen molar-refractivity contribution in [3.8, 4) is 11.5 Å². The molecule has 1 aliphatic rings. The molecule has 1 aliphatic heterocycles. The second kappa shape index (κ2) is 7.66. The predicted octanol–water partition coefficient (Wildman–Crippen LogP) is 4.34. The fourth-order valence-corrected chi connectivity index (χ4v) is 3.41. The van der Waals surface area contributed by atoms with Crippen molar-refractivity contribution in [2.24, 2.45) is 0 Å². The van der Waals surface area contributed by atoms with Crippen LogP contribution < -0.4 is 4.74 Å². The minimum absolute atomic E-state index is 0.0420. The third-order valence-corrected chi connectivity index (χ3v) is 4.86. The van der Waals surface area contributed by atoms with Gasteiger partial charge in [-0.25, -0.2) is 0 Å². The molecule has 1 saturated heterocycles. The maximum atomic E-state index is 12.6. The summed E-state index contributed by atoms with van der Waals surface area (Å²) in [7, 11) is 0. The van der Waals surface area contributed by atoms with E-state index in [9.17, 15) is 14.7 Å². The van der Waals surface area contributed by atoms with E-state index in [1.165, 1.54) is 11.0 Å². The summed E-state index contributed by atoms with van der Waals surface area (Å²) in [6.45, 7) is 4.45. The topological polar surface area (TPSA) is 66.8 Å². The van der Waals surface area contributed by atoms with E-state index in [0.717, 1.165) is 22.9 Å². The van der Waals surface area contributed by atoms with Gasteiger partial charge < -0.3 is 9.84 Å². The van der Waals surface area contributed by atoms with E-state index in [1.807, 2.05) is 38.1 Å². The Morgan fingerprint density at radius 1 is 1.15 bits per heavy atom. The van der Waals surface area contributed by atoms with Crippen LogP contribution in [0.2, 0.25) is 0 Å². The van der Waals surface area contributed by atoms with Crippen molar-refractivity contribution in [3.63, 3.8) is 0 Å². The van der Waals surface area contributed by atoms with Gasteiger partial charge in [0, 0.05) is 5.56 Å². The van der Waals surface area contributed by atoms with Crippen LogP contribution in [-0.4, -0.2) is 27.8 Å². The van der Waals surface area contributed by atoms with Crippen LogP contribution in [0.1, 0.15) is 23.6 Å². The van der Waals surface area contributed by atoms with Crippen LogP contribution in [0.25, 0.3) is 6.08 Å². The smallest absolute Gasteiger partial charge is 0.293 e. The first-order chi connectivity index (χ1) is 12.5. The second-order valence-electron chi connectivity index (χ2n) is 5.88. The lowest BCUT2D eigenvalue weighted by molar-refractivity contribution is -0.123. The summed E-state index contributed by atoms with van der Waals surface area (Å²) in [5.74, 6) is -0.0541. The Balaban J connectivity index is 1.83. The maximum Gasteiger partial charge on any atom is 0.293 e. The van der Waals surface area contributed by atoms with E-state index >= 15 is 0 Å². The Kier molecular flexibility index (Phi) is 5.32. The number of aromatic hydroxyl groups is 1. The molecule has 2 amide bonds. The second-order valence-corrected chi connectivity index (χ2v) is 6.87. The number of amides is 2. The van der Waals surface area contributed by atoms with Crippen molar-refractivity contribution in [2.75, 3.05) is 6.61 Å². The van der Waals surface area contributed by atoms with Gasteiger partial charge in [-0.2, -0.15) is 0 Å². The van der Waals surface area contributed by atoms with E-state index < -0.39 is 0 Å². The predicted molar refractivity (Wildman–Crippen MR) is 102 cm³/mol. The van der Waals surface area contributed by atoms with Crippen molar-refractivity contribution in [2.45, 2.75) is 20.4 Å². The highest BCUT2D eigenvalue weighted by Crippen LogP contribution is 2.37. The summed E-state index contributed by atoms with van der Waals surface area (Å²) in [5, 5.41) is 9.95. The SMILES string of the molecule is CCOc1cccc(/C=C2\SC(=O)N(Cc3ccc(C)cc3)C2=O)c1O. The minimum atomic E-state index is -0.359. The number of benzene rings is 2. The van der Waals surface area contributed by atoms with Crippen LogP contribution in [0.4, 0.5) is 4.79 Å². The van der Waals surface area contributed by atoms with Crippen LogP contribution >= 0.6 is 11.8 Å². The van der Waals surface area contributed by atoms with Gasteiger partial charge in [-0.05, 0) is 43.3 Å². The van der Waals surface area contributed by atoms with Crippen LogP contribution in [-0.2, 0) is 11.3 Å². The Morgan fingerprint density at radius 3 is 2.58 bits per heavy atom. The maximum absolute atomic E-state index is 12.6. The monoisotopic (exact) mass is 369 g/mol. The Hall–Kier alpha value is -2.73. The minimum Gasteiger partial charge on any atom is -0.504 e. The lowest BCUT2D eigenvalue weighted by atomic mass is 10.1. The molecule has 134 valence electrons. The number of carbonyl (C=O) groups is 2. The molecule has 3 rings (SSSR count). The third kappa shape index (κ3) is 3.75. The average Bonchev–Trinajstić information content (AvgIpc) is 2.88. The number of imide groups is 1. The van der Waals surface area contributed by atoms with Crippen molar-refractivity contribution in [3.05, 3.63) is 64.1 Å². The average molecular weight is 369 g/mol. The number of carbonyl (C=O) groups excluding carboxylic acids is 2. The van der Waals surface area contributed by atoms with Gasteiger partial charge in [0.25, 0.3) is 11.1 Å². The Bertz CT molecular complexity index is 874. The van der Waals surface area contributed by atoms with Gasteiger partial charge in [0.15, 0.2) is 11.5 Å². The molecule has 0 aromatic heterocycles. The first kappa shape index (κ1) is 18.1. The van der Waals surface area contributed by atoms with Crippen molar-refractivity contribution >= 4 is 29.0 Å². The first-order valence-electron chi connectivity index (χ1n) is 8.25. The van der Waals surface area contributed by atoms with Gasteiger partial charge in [0.05, 0.1) is 18.1 Å². The number of hydrogen-bond donors (Lipinski definition) is 1. The van der Waals surface area contributed by atoms with Crippen LogP contribution in [0.3, 0.4) is 0 Å². The highest BCUT2D eigenvalue weighted by molar-refractivity contribution is 8.18. The summed E-state index contributed by atoms with van der Waals surface area (Å²) in [4.78, 5) is 26.4. The summed E-state index contributed by atoms with van der Waals surface area (Å²) >= 11 is 0.874. The standard InChI is InChI=1S/C20H19NO4S/c1-3-25-16-6-4-5-15(18(16)22)11-17-19(23)21(20(24)26-17)12-14-9-7-13(2)8-10-14/h4-11,22H,3,12H2,1-2H3/b17-11-. The Labute approximate surface area is 156 Å². The molecule has 0 saturated carbocycles. The van der Waals surface area contributed by atoms with Crippen LogP contribution in [0.15, 0.2) is 47.4 Å². The molecule has 0 aliphatic carbocycles. The van der Waals surface area contributed by atoms with E-state index in [-0.39, 0.29) is 28.3 Å². The van der Waals surface area contributed by atoms with Crippen molar-refractivity contribution in [1.82, 2.24) is 4.90 Å². The van der Waals surface area contributed by atoms with Gasteiger partial charge in [0.1, 0.15) is 0 Å². The van der Waals surface area contributed by atoms with Crippen LogP contribution in [0.5, 0.6) is 11.5 Å². The number of para-hydroxylation sites is 1. The number of aryl methyl sites for hydroxylation is 1. The number of nitrogens with zero attached hydrogens (tertiary/aromatic N) is 1. The summed E-state index contributed by atoms with van der Waals surface area (Å²) in [6.07, 6.45) is 1.53. The molecular formula is C20H19NO4S. The molecule has 5 nitrogen and oxygen atoms in total. The quantitative estimate of drug-likeness (QED) is 0.795. The summed E-state index contributed by atoms with van der Waals surface area (Å²) in [6, 6.07) is 12.8. The van der Waals surface area contributed by atoms with Gasteiger partial charge in [-0.1, -0.05) is 42.0 Å². The van der Waals surface area contributed by atoms with E-state index in [4.69, 9.17) is 4.74 Å². The van der Waals surface area contributed by atoms with Crippen molar-refractivity contribution in [1.29, 1.82) is 0 Å². The molecule has 0 bridgehead atoms. The Morgan fingerprint density at radius 2 is 1.88 bits per heavy atom. The molecular weight excluding hydrogens is 350 g/mol. The molecule has 2 aromatic carbocycles. The molecule has 1 fully saturated rings. The highest BCUT2D eigenvalue weighted by atomic mass is 32.2. The fourth-order valence-electron chi connectivity index (χ4n) is 2.58. The zero-order valence-electron chi connectivity index (χ0n) is 14.6. The molecule has 6 heteroatoms. The zero-order valence-corrected chi connectivity index (χ0v) is 15.4. The normalized spacial score (nSPS) is 15.8. The number of hydrogen-bond acceptors (Lipinski definition) is 5. The lowest BCUT2D eigenvalue weighted by Crippen LogP contribution is -2.27. The molecule has 0 spiro atoms. The fraction of sp³-hybridized carbons (Fsp3) is 0.200. The first-order valence-corrected chi connectivity index (χ1v) is 9.07. The molecule has 1 heterocycles. The van der Waals surface area contributed by atoms with Crippen LogP contribution in [0, 0.1) is 6.92 Å². The molecule has 0 radical (unpaired) electrons. The number of phenols is 1. The molecule has 0 unspecified atom stereocenters. The molecule has 1 N–H and O–H groups in total. The third-order valence-electron chi connectivity index (χ3n) is 3.95. The van der Waals surface area contributed by atoms with E-state index in [0.29, 0.717) is 17.9 Å². The number of phenolic OH excluding ortho intramolecular Hbond substituents is 1. The number of rotatable bonds is 5. The molecule has 26 heavy (non-hydrogen) atoms.